The molecular weight excluding hydrogens is 280 g/mol. The van der Waals surface area contributed by atoms with Crippen molar-refractivity contribution in [2.75, 3.05) is 7.05 Å². The van der Waals surface area contributed by atoms with Crippen molar-refractivity contribution in [2.45, 2.75) is 19.4 Å². The van der Waals surface area contributed by atoms with Crippen LogP contribution in [0.2, 0.25) is 0 Å². The van der Waals surface area contributed by atoms with E-state index in [0.29, 0.717) is 6.04 Å². The molecule has 0 saturated carbocycles. The third-order valence-electron chi connectivity index (χ3n) is 2.64. The maximum Gasteiger partial charge on any atom is 0.0847 e. The number of hydrogen-bond donors (Lipinski definition) is 1. The average Bonchev–Trinajstić information content (AvgIpc) is 2.78. The van der Waals surface area contributed by atoms with Gasteiger partial charge in [0.15, 0.2) is 0 Å². The minimum absolute atomic E-state index is 0.407. The van der Waals surface area contributed by atoms with E-state index in [9.17, 15) is 0 Å². The number of nitrogens with zero attached hydrogens (tertiary/aromatic N) is 3. The molecule has 0 aliphatic heterocycles. The number of likely N-dealkylation sites (N-methyl/N-ethyl adjacent to an activating group) is 1. The minimum atomic E-state index is 0.407. The maximum absolute atomic E-state index is 4.16. The fraction of sp³-hybridized carbons (Fsp3) is 0.333. The highest BCUT2D eigenvalue weighted by atomic mass is 79.9. The Balaban J connectivity index is 2.15. The first-order chi connectivity index (χ1) is 8.19. The van der Waals surface area contributed by atoms with Crippen LogP contribution in [0.25, 0.3) is 5.69 Å². The quantitative estimate of drug-likeness (QED) is 0.940. The van der Waals surface area contributed by atoms with Crippen LogP contribution in [0.4, 0.5) is 0 Å². The Labute approximate surface area is 109 Å². The van der Waals surface area contributed by atoms with Crippen molar-refractivity contribution in [3.63, 3.8) is 0 Å². The van der Waals surface area contributed by atoms with E-state index in [4.69, 9.17) is 0 Å². The number of benzene rings is 1. The van der Waals surface area contributed by atoms with Gasteiger partial charge in [0, 0.05) is 16.9 Å². The molecule has 0 saturated heterocycles. The number of halogens is 1. The molecule has 0 bridgehead atoms. The first kappa shape index (κ1) is 12.3. The molecule has 1 unspecified atom stereocenters. The molecule has 1 aromatic heterocycles. The Hall–Kier alpha value is -1.20. The topological polar surface area (TPSA) is 42.7 Å². The van der Waals surface area contributed by atoms with Crippen LogP contribution in [0.1, 0.15) is 12.6 Å². The monoisotopic (exact) mass is 294 g/mol. The van der Waals surface area contributed by atoms with Gasteiger partial charge in [-0.25, -0.2) is 4.68 Å². The Morgan fingerprint density at radius 2 is 2.06 bits per heavy atom. The number of rotatable bonds is 4. The van der Waals surface area contributed by atoms with E-state index in [1.165, 1.54) is 0 Å². The van der Waals surface area contributed by atoms with Gasteiger partial charge in [-0.15, -0.1) is 5.10 Å². The average molecular weight is 295 g/mol. The Bertz CT molecular complexity index is 478. The summed E-state index contributed by atoms with van der Waals surface area (Å²) in [5.74, 6) is 0. The fourth-order valence-electron chi connectivity index (χ4n) is 1.53. The minimum Gasteiger partial charge on any atom is -0.317 e. The summed E-state index contributed by atoms with van der Waals surface area (Å²) in [6.07, 6.45) is 2.85. The van der Waals surface area contributed by atoms with Crippen LogP contribution in [0.5, 0.6) is 0 Å². The van der Waals surface area contributed by atoms with E-state index in [-0.39, 0.29) is 0 Å². The molecule has 0 aliphatic rings. The highest BCUT2D eigenvalue weighted by molar-refractivity contribution is 9.10. The third kappa shape index (κ3) is 3.14. The van der Waals surface area contributed by atoms with Gasteiger partial charge in [-0.3, -0.25) is 0 Å². The molecule has 0 radical (unpaired) electrons. The molecule has 1 heterocycles. The zero-order chi connectivity index (χ0) is 12.3. The second kappa shape index (κ2) is 5.42. The maximum atomic E-state index is 4.16. The van der Waals surface area contributed by atoms with Gasteiger partial charge in [0.1, 0.15) is 0 Å². The second-order valence-corrected chi connectivity index (χ2v) is 4.94. The Morgan fingerprint density at radius 1 is 1.35 bits per heavy atom. The summed E-state index contributed by atoms with van der Waals surface area (Å²) >= 11 is 3.41. The highest BCUT2D eigenvalue weighted by Gasteiger charge is 2.06. The molecule has 0 amide bonds. The molecule has 1 atom stereocenters. The lowest BCUT2D eigenvalue weighted by atomic mass is 10.2. The van der Waals surface area contributed by atoms with Crippen molar-refractivity contribution in [2.24, 2.45) is 0 Å². The summed E-state index contributed by atoms with van der Waals surface area (Å²) in [5, 5.41) is 11.5. The van der Waals surface area contributed by atoms with Crippen LogP contribution in [0, 0.1) is 0 Å². The Morgan fingerprint density at radius 3 is 2.71 bits per heavy atom. The summed E-state index contributed by atoms with van der Waals surface area (Å²) in [5.41, 5.74) is 2.01. The summed E-state index contributed by atoms with van der Waals surface area (Å²) in [6, 6.07) is 8.40. The standard InChI is InChI=1S/C12H15BrN4/c1-9(14-2)7-11-8-17(16-15-11)12-5-3-10(13)4-6-12/h3-6,8-9,14H,7H2,1-2H3. The molecule has 1 N–H and O–H groups in total. The fourth-order valence-corrected chi connectivity index (χ4v) is 1.79. The first-order valence-electron chi connectivity index (χ1n) is 5.53. The van der Waals surface area contributed by atoms with Gasteiger partial charge in [0.05, 0.1) is 17.6 Å². The molecular formula is C12H15BrN4. The van der Waals surface area contributed by atoms with E-state index < -0.39 is 0 Å². The van der Waals surface area contributed by atoms with Crippen molar-refractivity contribution < 1.29 is 0 Å². The number of hydrogen-bond acceptors (Lipinski definition) is 3. The molecule has 2 aromatic rings. The van der Waals surface area contributed by atoms with E-state index >= 15 is 0 Å². The molecule has 90 valence electrons. The molecule has 0 fully saturated rings. The van der Waals surface area contributed by atoms with Crippen LogP contribution in [-0.2, 0) is 6.42 Å². The summed E-state index contributed by atoms with van der Waals surface area (Å²) < 4.78 is 2.86. The summed E-state index contributed by atoms with van der Waals surface area (Å²) in [7, 11) is 1.95. The lowest BCUT2D eigenvalue weighted by Crippen LogP contribution is -2.23. The SMILES string of the molecule is CNC(C)Cc1cn(-c2ccc(Br)cc2)nn1. The zero-order valence-electron chi connectivity index (χ0n) is 9.89. The predicted octanol–water partition coefficient (Wildman–Crippen LogP) is 2.18. The molecule has 17 heavy (non-hydrogen) atoms. The van der Waals surface area contributed by atoms with E-state index in [1.54, 1.807) is 4.68 Å². The lowest BCUT2D eigenvalue weighted by molar-refractivity contribution is 0.599. The summed E-state index contributed by atoms with van der Waals surface area (Å²) in [6.45, 7) is 2.12. The Kier molecular flexibility index (Phi) is 3.91. The molecule has 0 spiro atoms. The second-order valence-electron chi connectivity index (χ2n) is 4.02. The lowest BCUT2D eigenvalue weighted by Gasteiger charge is -2.05. The van der Waals surface area contributed by atoms with E-state index in [0.717, 1.165) is 22.3 Å². The molecule has 0 aliphatic carbocycles. The van der Waals surface area contributed by atoms with Gasteiger partial charge >= 0.3 is 0 Å². The molecule has 1 aromatic carbocycles. The zero-order valence-corrected chi connectivity index (χ0v) is 11.5. The van der Waals surface area contributed by atoms with Crippen molar-refractivity contribution >= 4 is 15.9 Å². The van der Waals surface area contributed by atoms with Crippen LogP contribution in [0.3, 0.4) is 0 Å². The summed E-state index contributed by atoms with van der Waals surface area (Å²) in [4.78, 5) is 0. The number of nitrogens with one attached hydrogen (secondary N) is 1. The van der Waals surface area contributed by atoms with Gasteiger partial charge in [0.2, 0.25) is 0 Å². The third-order valence-corrected chi connectivity index (χ3v) is 3.17. The van der Waals surface area contributed by atoms with Crippen LogP contribution < -0.4 is 5.32 Å². The van der Waals surface area contributed by atoms with Crippen molar-refractivity contribution in [1.82, 2.24) is 20.3 Å². The smallest absolute Gasteiger partial charge is 0.0847 e. The van der Waals surface area contributed by atoms with Gasteiger partial charge in [-0.2, -0.15) is 0 Å². The van der Waals surface area contributed by atoms with Crippen molar-refractivity contribution in [3.8, 4) is 5.69 Å². The van der Waals surface area contributed by atoms with Crippen LogP contribution in [0.15, 0.2) is 34.9 Å². The number of aromatic nitrogens is 3. The normalized spacial score (nSPS) is 12.6. The van der Waals surface area contributed by atoms with Crippen LogP contribution in [-0.4, -0.2) is 28.1 Å². The van der Waals surface area contributed by atoms with E-state index in [2.05, 4.69) is 38.5 Å². The van der Waals surface area contributed by atoms with Gasteiger partial charge in [-0.1, -0.05) is 21.1 Å². The van der Waals surface area contributed by atoms with Crippen molar-refractivity contribution in [3.05, 3.63) is 40.6 Å². The molecule has 5 heteroatoms. The predicted molar refractivity (Wildman–Crippen MR) is 71.3 cm³/mol. The van der Waals surface area contributed by atoms with Crippen molar-refractivity contribution in [1.29, 1.82) is 0 Å². The molecule has 4 nitrogen and oxygen atoms in total. The van der Waals surface area contributed by atoms with Gasteiger partial charge in [0.25, 0.3) is 0 Å². The highest BCUT2D eigenvalue weighted by Crippen LogP contribution is 2.13. The van der Waals surface area contributed by atoms with Crippen LogP contribution >= 0.6 is 15.9 Å². The van der Waals surface area contributed by atoms with Gasteiger partial charge in [-0.05, 0) is 38.2 Å². The molecule has 2 rings (SSSR count). The largest absolute Gasteiger partial charge is 0.317 e. The van der Waals surface area contributed by atoms with E-state index in [1.807, 2.05) is 37.5 Å². The van der Waals surface area contributed by atoms with Gasteiger partial charge < -0.3 is 5.32 Å². The first-order valence-corrected chi connectivity index (χ1v) is 6.33.